The highest BCUT2D eigenvalue weighted by molar-refractivity contribution is 7.89. The number of piperidine rings is 1. The Morgan fingerprint density at radius 1 is 1.07 bits per heavy atom. The van der Waals surface area contributed by atoms with E-state index >= 15 is 0 Å². The smallest absolute Gasteiger partial charge is 0.255 e. The lowest BCUT2D eigenvalue weighted by atomic mass is 10.1. The summed E-state index contributed by atoms with van der Waals surface area (Å²) in [6.07, 6.45) is 2.78. The average molecular weight is 407 g/mol. The number of nitrogens with zero attached hydrogens (tertiary/aromatic N) is 1. The summed E-state index contributed by atoms with van der Waals surface area (Å²) in [5, 5.41) is 3.37. The van der Waals surface area contributed by atoms with Crippen molar-refractivity contribution in [2.75, 3.05) is 18.4 Å². The Balaban J connectivity index is 1.90. The molecular weight excluding hydrogens is 384 g/mol. The number of aryl methyl sites for hydroxylation is 1. The van der Waals surface area contributed by atoms with E-state index < -0.39 is 10.0 Å². The van der Waals surface area contributed by atoms with Gasteiger partial charge in [-0.25, -0.2) is 8.42 Å². The molecule has 0 radical (unpaired) electrons. The lowest BCUT2D eigenvalue weighted by Crippen LogP contribution is -2.36. The average Bonchev–Trinajstić information content (AvgIpc) is 2.66. The summed E-state index contributed by atoms with van der Waals surface area (Å²) in [6, 6.07) is 10.1. The van der Waals surface area contributed by atoms with Crippen LogP contribution in [0.15, 0.2) is 41.3 Å². The molecule has 0 aliphatic carbocycles. The Morgan fingerprint density at radius 3 is 2.48 bits per heavy atom. The van der Waals surface area contributed by atoms with Crippen molar-refractivity contribution in [2.24, 2.45) is 0 Å². The maximum atomic E-state index is 13.0. The van der Waals surface area contributed by atoms with Crippen molar-refractivity contribution in [3.63, 3.8) is 0 Å². The van der Waals surface area contributed by atoms with Crippen LogP contribution < -0.4 is 5.32 Å². The van der Waals surface area contributed by atoms with Gasteiger partial charge in [-0.3, -0.25) is 4.79 Å². The van der Waals surface area contributed by atoms with Crippen molar-refractivity contribution < 1.29 is 13.2 Å². The fourth-order valence-corrected chi connectivity index (χ4v) is 5.14. The van der Waals surface area contributed by atoms with Gasteiger partial charge < -0.3 is 5.32 Å². The highest BCUT2D eigenvalue weighted by Gasteiger charge is 2.28. The maximum Gasteiger partial charge on any atom is 0.255 e. The van der Waals surface area contributed by atoms with Crippen LogP contribution in [0.5, 0.6) is 0 Å². The van der Waals surface area contributed by atoms with Gasteiger partial charge in [-0.05, 0) is 62.1 Å². The number of anilines is 1. The number of sulfonamides is 1. The molecule has 1 heterocycles. The molecule has 5 nitrogen and oxygen atoms in total. The Bertz CT molecular complexity index is 967. The van der Waals surface area contributed by atoms with E-state index in [0.717, 1.165) is 24.8 Å². The first-order valence-corrected chi connectivity index (χ1v) is 10.8. The zero-order valence-corrected chi connectivity index (χ0v) is 17.0. The minimum Gasteiger partial charge on any atom is -0.322 e. The fraction of sp³-hybridized carbons (Fsp3) is 0.350. The summed E-state index contributed by atoms with van der Waals surface area (Å²) in [4.78, 5) is 12.9. The van der Waals surface area contributed by atoms with Crippen LogP contribution in [0, 0.1) is 13.8 Å². The molecule has 1 aliphatic rings. The van der Waals surface area contributed by atoms with Gasteiger partial charge in [-0.15, -0.1) is 0 Å². The molecule has 1 saturated heterocycles. The van der Waals surface area contributed by atoms with Gasteiger partial charge in [0.2, 0.25) is 10.0 Å². The molecular formula is C20H23ClN2O3S. The van der Waals surface area contributed by atoms with E-state index in [9.17, 15) is 13.2 Å². The highest BCUT2D eigenvalue weighted by atomic mass is 35.5. The summed E-state index contributed by atoms with van der Waals surface area (Å²) < 4.78 is 27.5. The molecule has 144 valence electrons. The third kappa shape index (κ3) is 4.18. The second kappa shape index (κ2) is 8.00. The van der Waals surface area contributed by atoms with Crippen LogP contribution in [-0.4, -0.2) is 31.7 Å². The summed E-state index contributed by atoms with van der Waals surface area (Å²) in [5.41, 5.74) is 2.31. The summed E-state index contributed by atoms with van der Waals surface area (Å²) in [7, 11) is -3.60. The number of halogens is 1. The first-order chi connectivity index (χ1) is 12.8. The maximum absolute atomic E-state index is 13.0. The molecule has 0 atom stereocenters. The minimum absolute atomic E-state index is 0.194. The van der Waals surface area contributed by atoms with Crippen LogP contribution in [0.25, 0.3) is 0 Å². The highest BCUT2D eigenvalue weighted by Crippen LogP contribution is 2.26. The largest absolute Gasteiger partial charge is 0.322 e. The standard InChI is InChI=1S/C20H23ClN2O3S/c1-14-9-10-16(20(24)22-18-8-6-7-17(21)15(18)2)13-19(14)27(25,26)23-11-4-3-5-12-23/h6-10,13H,3-5,11-12H2,1-2H3,(H,22,24). The van der Waals surface area contributed by atoms with Crippen LogP contribution in [0.2, 0.25) is 5.02 Å². The van der Waals surface area contributed by atoms with Crippen molar-refractivity contribution in [3.8, 4) is 0 Å². The minimum atomic E-state index is -3.60. The van der Waals surface area contributed by atoms with E-state index in [2.05, 4.69) is 5.32 Å². The van der Waals surface area contributed by atoms with Crippen molar-refractivity contribution in [1.29, 1.82) is 0 Å². The van der Waals surface area contributed by atoms with Gasteiger partial charge in [-0.2, -0.15) is 4.31 Å². The fourth-order valence-electron chi connectivity index (χ4n) is 3.20. The zero-order chi connectivity index (χ0) is 19.6. The molecule has 1 amide bonds. The molecule has 27 heavy (non-hydrogen) atoms. The first kappa shape index (κ1) is 19.9. The predicted octanol–water partition coefficient (Wildman–Crippen LogP) is 4.38. The number of nitrogens with one attached hydrogen (secondary N) is 1. The Hall–Kier alpha value is -1.89. The van der Waals surface area contributed by atoms with E-state index in [1.165, 1.54) is 10.4 Å². The van der Waals surface area contributed by atoms with E-state index in [4.69, 9.17) is 11.6 Å². The second-order valence-electron chi connectivity index (χ2n) is 6.81. The first-order valence-electron chi connectivity index (χ1n) is 8.98. The van der Waals surface area contributed by atoms with Gasteiger partial charge in [0.25, 0.3) is 5.91 Å². The zero-order valence-electron chi connectivity index (χ0n) is 15.5. The molecule has 1 fully saturated rings. The third-order valence-electron chi connectivity index (χ3n) is 4.90. The molecule has 0 spiro atoms. The van der Waals surface area contributed by atoms with Gasteiger partial charge in [0.1, 0.15) is 0 Å². The third-order valence-corrected chi connectivity index (χ3v) is 7.35. The molecule has 0 bridgehead atoms. The molecule has 0 aromatic heterocycles. The Morgan fingerprint density at radius 2 is 1.78 bits per heavy atom. The van der Waals surface area contributed by atoms with Gasteiger partial charge in [0.15, 0.2) is 0 Å². The van der Waals surface area contributed by atoms with E-state index in [0.29, 0.717) is 34.9 Å². The van der Waals surface area contributed by atoms with E-state index in [-0.39, 0.29) is 10.8 Å². The predicted molar refractivity (Wildman–Crippen MR) is 108 cm³/mol. The number of hydrogen-bond donors (Lipinski definition) is 1. The van der Waals surface area contributed by atoms with Crippen LogP contribution >= 0.6 is 11.6 Å². The van der Waals surface area contributed by atoms with Crippen molar-refractivity contribution in [3.05, 3.63) is 58.1 Å². The molecule has 0 saturated carbocycles. The van der Waals surface area contributed by atoms with E-state index in [1.807, 2.05) is 6.92 Å². The number of hydrogen-bond acceptors (Lipinski definition) is 3. The van der Waals surface area contributed by atoms with Crippen LogP contribution in [-0.2, 0) is 10.0 Å². The van der Waals surface area contributed by atoms with Crippen molar-refractivity contribution in [2.45, 2.75) is 38.0 Å². The molecule has 1 N–H and O–H groups in total. The topological polar surface area (TPSA) is 66.5 Å². The van der Waals surface area contributed by atoms with Gasteiger partial charge in [0, 0.05) is 29.4 Å². The Labute approximate surface area is 165 Å². The molecule has 3 rings (SSSR count). The lowest BCUT2D eigenvalue weighted by molar-refractivity contribution is 0.102. The van der Waals surface area contributed by atoms with Crippen molar-refractivity contribution >= 4 is 33.2 Å². The monoisotopic (exact) mass is 406 g/mol. The number of amides is 1. The normalized spacial score (nSPS) is 15.5. The number of carbonyl (C=O) groups is 1. The number of benzene rings is 2. The molecule has 0 unspecified atom stereocenters. The van der Waals surface area contributed by atoms with Gasteiger partial charge >= 0.3 is 0 Å². The molecule has 2 aromatic carbocycles. The van der Waals surface area contributed by atoms with E-state index in [1.54, 1.807) is 37.3 Å². The van der Waals surface area contributed by atoms with Gasteiger partial charge in [0.05, 0.1) is 4.90 Å². The molecule has 7 heteroatoms. The lowest BCUT2D eigenvalue weighted by Gasteiger charge is -2.26. The summed E-state index contributed by atoms with van der Waals surface area (Å²) in [6.45, 7) is 4.62. The number of rotatable bonds is 4. The van der Waals surface area contributed by atoms with Crippen LogP contribution in [0.4, 0.5) is 5.69 Å². The quantitative estimate of drug-likeness (QED) is 0.819. The Kier molecular flexibility index (Phi) is 5.89. The molecule has 2 aromatic rings. The SMILES string of the molecule is Cc1ccc(C(=O)Nc2cccc(Cl)c2C)cc1S(=O)(=O)N1CCCCC1. The van der Waals surface area contributed by atoms with Crippen molar-refractivity contribution in [1.82, 2.24) is 4.31 Å². The van der Waals surface area contributed by atoms with Gasteiger partial charge in [-0.1, -0.05) is 30.2 Å². The van der Waals surface area contributed by atoms with Crippen LogP contribution in [0.1, 0.15) is 40.7 Å². The number of carbonyl (C=O) groups excluding carboxylic acids is 1. The summed E-state index contributed by atoms with van der Waals surface area (Å²) in [5.74, 6) is -0.365. The second-order valence-corrected chi connectivity index (χ2v) is 9.13. The molecule has 1 aliphatic heterocycles. The van der Waals surface area contributed by atoms with Crippen LogP contribution in [0.3, 0.4) is 0 Å². The summed E-state index contributed by atoms with van der Waals surface area (Å²) >= 11 is 6.10.